The lowest BCUT2D eigenvalue weighted by atomic mass is 9.95. The van der Waals surface area contributed by atoms with Crippen molar-refractivity contribution in [3.63, 3.8) is 0 Å². The maximum absolute atomic E-state index is 13.5. The maximum Gasteiger partial charge on any atom is 0.301 e. The van der Waals surface area contributed by atoms with Gasteiger partial charge in [0.25, 0.3) is 5.78 Å². The lowest BCUT2D eigenvalue weighted by Gasteiger charge is -2.23. The summed E-state index contributed by atoms with van der Waals surface area (Å²) in [7, 11) is 0. The Bertz CT molecular complexity index is 1480. The predicted octanol–water partition coefficient (Wildman–Crippen LogP) is 5.77. The number of aromatic nitrogens is 1. The summed E-state index contributed by atoms with van der Waals surface area (Å²) in [6.45, 7) is 4.34. The highest BCUT2D eigenvalue weighted by Gasteiger charge is 2.48. The van der Waals surface area contributed by atoms with E-state index >= 15 is 0 Å². The van der Waals surface area contributed by atoms with E-state index in [2.05, 4.69) is 4.98 Å². The number of benzene rings is 3. The van der Waals surface area contributed by atoms with Crippen molar-refractivity contribution in [2.24, 2.45) is 0 Å². The summed E-state index contributed by atoms with van der Waals surface area (Å²) in [4.78, 5) is 32.5. The van der Waals surface area contributed by atoms with Crippen LogP contribution in [0.15, 0.2) is 72.3 Å². The van der Waals surface area contributed by atoms with E-state index in [0.717, 1.165) is 10.3 Å². The highest BCUT2D eigenvalue weighted by Crippen LogP contribution is 2.44. The zero-order chi connectivity index (χ0) is 24.7. The Morgan fingerprint density at radius 3 is 2.49 bits per heavy atom. The second-order valence-corrected chi connectivity index (χ2v) is 9.15. The van der Waals surface area contributed by atoms with Gasteiger partial charge in [0.05, 0.1) is 28.4 Å². The third-order valence-electron chi connectivity index (χ3n) is 5.82. The number of hydrogen-bond acceptors (Lipinski definition) is 6. The summed E-state index contributed by atoms with van der Waals surface area (Å²) in [5, 5.41) is 11.4. The highest BCUT2D eigenvalue weighted by molar-refractivity contribution is 7.22. The molecule has 2 heterocycles. The number of aliphatic hydroxyl groups excluding tert-OH is 1. The molecule has 1 N–H and O–H groups in total. The Kier molecular flexibility index (Phi) is 5.82. The molecule has 3 aromatic carbocycles. The molecular weight excluding hydrogens is 467 g/mol. The van der Waals surface area contributed by atoms with E-state index in [-0.39, 0.29) is 16.9 Å². The van der Waals surface area contributed by atoms with E-state index < -0.39 is 23.5 Å². The largest absolute Gasteiger partial charge is 0.507 e. The Hall–Kier alpha value is -4.04. The van der Waals surface area contributed by atoms with Crippen LogP contribution in [0.2, 0.25) is 0 Å². The minimum atomic E-state index is -0.896. The average molecular weight is 489 g/mol. The molecule has 35 heavy (non-hydrogen) atoms. The number of rotatable bonds is 5. The SMILES string of the molecule is CCOc1ccc2nc(N3C(=O)C(=O)/C(=C(/O)c4ccc(F)cc4)[C@H]3c3ccc(C)cc3)sc2c1. The monoisotopic (exact) mass is 488 g/mol. The van der Waals surface area contributed by atoms with Gasteiger partial charge in [0.1, 0.15) is 17.3 Å². The van der Waals surface area contributed by atoms with Crippen LogP contribution < -0.4 is 9.64 Å². The fourth-order valence-electron chi connectivity index (χ4n) is 4.11. The number of ether oxygens (including phenoxy) is 1. The van der Waals surface area contributed by atoms with Crippen LogP contribution in [0.5, 0.6) is 5.75 Å². The van der Waals surface area contributed by atoms with Crippen LogP contribution >= 0.6 is 11.3 Å². The van der Waals surface area contributed by atoms with Crippen LogP contribution in [0.1, 0.15) is 29.7 Å². The topological polar surface area (TPSA) is 79.7 Å². The van der Waals surface area contributed by atoms with Gasteiger partial charge in [-0.05, 0) is 61.9 Å². The van der Waals surface area contributed by atoms with E-state index in [0.29, 0.717) is 28.6 Å². The number of anilines is 1. The average Bonchev–Trinajstić information content (AvgIpc) is 3.38. The lowest BCUT2D eigenvalue weighted by Crippen LogP contribution is -2.29. The molecule has 1 saturated heterocycles. The number of aliphatic hydroxyl groups is 1. The Labute approximate surface area is 204 Å². The van der Waals surface area contributed by atoms with Crippen molar-refractivity contribution in [3.05, 3.63) is 94.8 Å². The summed E-state index contributed by atoms with van der Waals surface area (Å²) < 4.78 is 19.8. The zero-order valence-corrected chi connectivity index (χ0v) is 19.8. The molecule has 0 spiro atoms. The van der Waals surface area contributed by atoms with Gasteiger partial charge in [0.2, 0.25) is 0 Å². The number of amides is 1. The molecule has 0 saturated carbocycles. The smallest absolute Gasteiger partial charge is 0.301 e. The number of fused-ring (bicyclic) bond motifs is 1. The first-order valence-electron chi connectivity index (χ1n) is 11.0. The third-order valence-corrected chi connectivity index (χ3v) is 6.84. The summed E-state index contributed by atoms with van der Waals surface area (Å²) in [5.41, 5.74) is 2.49. The fourth-order valence-corrected chi connectivity index (χ4v) is 5.13. The number of Topliss-reactive ketones (excluding diaryl/α,β-unsaturated/α-hetero) is 1. The summed E-state index contributed by atoms with van der Waals surface area (Å²) >= 11 is 1.26. The molecule has 1 aliphatic rings. The molecule has 176 valence electrons. The number of thiazole rings is 1. The predicted molar refractivity (Wildman–Crippen MR) is 133 cm³/mol. The van der Waals surface area contributed by atoms with E-state index in [1.807, 2.05) is 44.2 Å². The zero-order valence-electron chi connectivity index (χ0n) is 19.0. The molecule has 0 bridgehead atoms. The molecular formula is C27H21FN2O4S. The fraction of sp³-hybridized carbons (Fsp3) is 0.148. The number of halogens is 1. The molecule has 4 aromatic rings. The van der Waals surface area contributed by atoms with Gasteiger partial charge >= 0.3 is 5.91 Å². The Morgan fingerprint density at radius 1 is 1.09 bits per heavy atom. The number of nitrogens with zero attached hydrogens (tertiary/aromatic N) is 2. The third kappa shape index (κ3) is 4.06. The number of carbonyl (C=O) groups is 2. The summed E-state index contributed by atoms with van der Waals surface area (Å²) in [6.07, 6.45) is 0. The maximum atomic E-state index is 13.5. The van der Waals surface area contributed by atoms with Gasteiger partial charge in [0, 0.05) is 5.56 Å². The van der Waals surface area contributed by atoms with Crippen LogP contribution in [0.3, 0.4) is 0 Å². The summed E-state index contributed by atoms with van der Waals surface area (Å²) in [6, 6.07) is 17.1. The van der Waals surface area contributed by atoms with Crippen molar-refractivity contribution < 1.29 is 23.8 Å². The number of ketones is 1. The Balaban J connectivity index is 1.69. The van der Waals surface area contributed by atoms with E-state index in [9.17, 15) is 19.1 Å². The second-order valence-electron chi connectivity index (χ2n) is 8.15. The minimum Gasteiger partial charge on any atom is -0.507 e. The van der Waals surface area contributed by atoms with Crippen molar-refractivity contribution in [2.75, 3.05) is 11.5 Å². The number of hydrogen-bond donors (Lipinski definition) is 1. The first-order valence-corrected chi connectivity index (χ1v) is 11.9. The van der Waals surface area contributed by atoms with Crippen LogP contribution in [-0.4, -0.2) is 28.4 Å². The van der Waals surface area contributed by atoms with Crippen LogP contribution in [0.4, 0.5) is 9.52 Å². The highest BCUT2D eigenvalue weighted by atomic mass is 32.1. The van der Waals surface area contributed by atoms with Crippen molar-refractivity contribution in [3.8, 4) is 5.75 Å². The van der Waals surface area contributed by atoms with E-state index in [4.69, 9.17) is 4.74 Å². The van der Waals surface area contributed by atoms with E-state index in [1.165, 1.54) is 40.5 Å². The van der Waals surface area contributed by atoms with Gasteiger partial charge in [-0.3, -0.25) is 14.5 Å². The van der Waals surface area contributed by atoms with Gasteiger partial charge < -0.3 is 9.84 Å². The Morgan fingerprint density at radius 2 is 1.80 bits per heavy atom. The molecule has 0 radical (unpaired) electrons. The van der Waals surface area contributed by atoms with Crippen LogP contribution in [0, 0.1) is 12.7 Å². The molecule has 1 aromatic heterocycles. The first kappa shape index (κ1) is 22.7. The van der Waals surface area contributed by atoms with Crippen molar-refractivity contribution in [1.82, 2.24) is 4.98 Å². The van der Waals surface area contributed by atoms with E-state index in [1.54, 1.807) is 12.1 Å². The van der Waals surface area contributed by atoms with Crippen LogP contribution in [-0.2, 0) is 9.59 Å². The molecule has 1 fully saturated rings. The molecule has 0 aliphatic carbocycles. The normalized spacial score (nSPS) is 17.3. The number of aryl methyl sites for hydroxylation is 1. The van der Waals surface area contributed by atoms with Gasteiger partial charge in [-0.2, -0.15) is 0 Å². The summed E-state index contributed by atoms with van der Waals surface area (Å²) in [5.74, 6) is -1.77. The molecule has 6 nitrogen and oxygen atoms in total. The van der Waals surface area contributed by atoms with Gasteiger partial charge in [0.15, 0.2) is 5.13 Å². The quantitative estimate of drug-likeness (QED) is 0.219. The number of carbonyl (C=O) groups excluding carboxylic acids is 2. The van der Waals surface area contributed by atoms with Gasteiger partial charge in [-0.25, -0.2) is 9.37 Å². The molecule has 1 aliphatic heterocycles. The lowest BCUT2D eigenvalue weighted by molar-refractivity contribution is -0.132. The molecule has 0 unspecified atom stereocenters. The molecule has 1 amide bonds. The first-order chi connectivity index (χ1) is 16.9. The van der Waals surface area contributed by atoms with Crippen LogP contribution in [0.25, 0.3) is 16.0 Å². The molecule has 5 rings (SSSR count). The van der Waals surface area contributed by atoms with Gasteiger partial charge in [-0.15, -0.1) is 0 Å². The second kappa shape index (κ2) is 8.96. The molecule has 1 atom stereocenters. The van der Waals surface area contributed by atoms with Crippen molar-refractivity contribution in [1.29, 1.82) is 0 Å². The van der Waals surface area contributed by atoms with Crippen molar-refractivity contribution in [2.45, 2.75) is 19.9 Å². The van der Waals surface area contributed by atoms with Gasteiger partial charge in [-0.1, -0.05) is 41.2 Å². The standard InChI is InChI=1S/C27H21FN2O4S/c1-3-34-19-12-13-20-21(14-19)35-27(29-20)30-23(16-6-4-15(2)5-7-16)22(25(32)26(30)33)24(31)17-8-10-18(28)11-9-17/h4-14,23,31H,3H2,1-2H3/b24-22+/t23-/m1/s1. The molecule has 8 heteroatoms. The van der Waals surface area contributed by atoms with Crippen molar-refractivity contribution >= 4 is 44.1 Å². The minimum absolute atomic E-state index is 0.0697.